The van der Waals surface area contributed by atoms with E-state index >= 15 is 0 Å². The standard InChI is InChI=1S/C12H23N3O.HI/c1-15-8-7-13-12(15)14-9-10-3-5-11(16-2)6-4-10;/h10-11H,3-9H2,1-2H3,(H,13,14);1H. The molecule has 1 fully saturated rings. The van der Waals surface area contributed by atoms with E-state index < -0.39 is 0 Å². The monoisotopic (exact) mass is 353 g/mol. The average Bonchev–Trinajstić information content (AvgIpc) is 2.73. The Balaban J connectivity index is 0.00000144. The Morgan fingerprint density at radius 1 is 1.35 bits per heavy atom. The number of nitrogens with zero attached hydrogens (tertiary/aromatic N) is 2. The van der Waals surface area contributed by atoms with E-state index in [1.54, 1.807) is 0 Å². The molecule has 0 unspecified atom stereocenters. The Hall–Kier alpha value is -0.0400. The molecule has 1 aliphatic heterocycles. The summed E-state index contributed by atoms with van der Waals surface area (Å²) in [5, 5.41) is 3.47. The molecule has 0 saturated heterocycles. The molecule has 5 heteroatoms. The number of nitrogens with one attached hydrogen (secondary N) is 1. The van der Waals surface area contributed by atoms with Gasteiger partial charge >= 0.3 is 0 Å². The number of ether oxygens (including phenoxy) is 1. The summed E-state index contributed by atoms with van der Waals surface area (Å²) in [5.41, 5.74) is 0. The Labute approximate surface area is 121 Å². The van der Waals surface area contributed by atoms with Gasteiger partial charge in [0.1, 0.15) is 0 Å². The third-order valence-electron chi connectivity index (χ3n) is 3.73. The molecule has 0 bridgehead atoms. The van der Waals surface area contributed by atoms with E-state index in [9.17, 15) is 0 Å². The van der Waals surface area contributed by atoms with Gasteiger partial charge in [0.15, 0.2) is 5.96 Å². The van der Waals surface area contributed by atoms with Crippen molar-refractivity contribution in [3.05, 3.63) is 0 Å². The van der Waals surface area contributed by atoms with E-state index in [2.05, 4.69) is 22.3 Å². The molecule has 17 heavy (non-hydrogen) atoms. The second-order valence-corrected chi connectivity index (χ2v) is 4.89. The van der Waals surface area contributed by atoms with Crippen LogP contribution in [0.5, 0.6) is 0 Å². The summed E-state index contributed by atoms with van der Waals surface area (Å²) >= 11 is 0. The number of hydrogen-bond donors (Lipinski definition) is 1. The van der Waals surface area contributed by atoms with Gasteiger partial charge in [-0.05, 0) is 31.6 Å². The predicted octanol–water partition coefficient (Wildman–Crippen LogP) is 1.70. The van der Waals surface area contributed by atoms with Crippen LogP contribution in [0.3, 0.4) is 0 Å². The van der Waals surface area contributed by atoms with Crippen molar-refractivity contribution in [2.45, 2.75) is 31.8 Å². The molecule has 2 aliphatic rings. The normalized spacial score (nSPS) is 28.6. The predicted molar refractivity (Wildman–Crippen MR) is 81.1 cm³/mol. The summed E-state index contributed by atoms with van der Waals surface area (Å²) in [6.45, 7) is 3.06. The van der Waals surface area contributed by atoms with Crippen molar-refractivity contribution in [2.24, 2.45) is 10.9 Å². The van der Waals surface area contributed by atoms with E-state index in [4.69, 9.17) is 4.74 Å². The Kier molecular flexibility index (Phi) is 6.54. The highest BCUT2D eigenvalue weighted by Gasteiger charge is 2.21. The topological polar surface area (TPSA) is 36.9 Å². The molecule has 0 aromatic carbocycles. The molecule has 0 radical (unpaired) electrons. The molecule has 1 saturated carbocycles. The van der Waals surface area contributed by atoms with Gasteiger partial charge in [0.2, 0.25) is 0 Å². The fourth-order valence-electron chi connectivity index (χ4n) is 2.53. The lowest BCUT2D eigenvalue weighted by Gasteiger charge is -2.28. The first-order chi connectivity index (χ1) is 7.79. The lowest BCUT2D eigenvalue weighted by atomic mass is 9.87. The number of aliphatic imine (C=N–C) groups is 1. The van der Waals surface area contributed by atoms with Crippen molar-refractivity contribution >= 4 is 29.9 Å². The van der Waals surface area contributed by atoms with Crippen molar-refractivity contribution < 1.29 is 4.74 Å². The largest absolute Gasteiger partial charge is 0.381 e. The number of guanidine groups is 1. The molecular formula is C12H24IN3O. The van der Waals surface area contributed by atoms with Crippen molar-refractivity contribution in [3.8, 4) is 0 Å². The fraction of sp³-hybridized carbons (Fsp3) is 0.917. The van der Waals surface area contributed by atoms with Gasteiger partial charge in [-0.1, -0.05) is 0 Å². The van der Waals surface area contributed by atoms with Crippen LogP contribution >= 0.6 is 24.0 Å². The van der Waals surface area contributed by atoms with Crippen molar-refractivity contribution in [1.29, 1.82) is 0 Å². The van der Waals surface area contributed by atoms with Crippen LogP contribution in [-0.4, -0.2) is 50.8 Å². The maximum Gasteiger partial charge on any atom is 0.193 e. The minimum absolute atomic E-state index is 0. The van der Waals surface area contributed by atoms with Gasteiger partial charge in [-0.2, -0.15) is 0 Å². The highest BCUT2D eigenvalue weighted by Crippen LogP contribution is 2.25. The molecule has 0 aromatic heterocycles. The SMILES string of the molecule is COC1CCC(CNC2=NCCN2C)CC1.I. The van der Waals surface area contributed by atoms with E-state index in [0.717, 1.165) is 31.5 Å². The Morgan fingerprint density at radius 3 is 2.59 bits per heavy atom. The Morgan fingerprint density at radius 2 is 2.06 bits per heavy atom. The number of hydrogen-bond acceptors (Lipinski definition) is 4. The van der Waals surface area contributed by atoms with Crippen LogP contribution in [0.4, 0.5) is 0 Å². The molecule has 0 amide bonds. The first-order valence-electron chi connectivity index (χ1n) is 6.32. The third-order valence-corrected chi connectivity index (χ3v) is 3.73. The zero-order valence-electron chi connectivity index (χ0n) is 10.8. The first-order valence-corrected chi connectivity index (χ1v) is 6.32. The third kappa shape index (κ3) is 4.28. The van der Waals surface area contributed by atoms with Gasteiger partial charge in [0.25, 0.3) is 0 Å². The van der Waals surface area contributed by atoms with Crippen LogP contribution < -0.4 is 5.32 Å². The molecule has 0 atom stereocenters. The highest BCUT2D eigenvalue weighted by molar-refractivity contribution is 14.0. The zero-order chi connectivity index (χ0) is 11.4. The van der Waals surface area contributed by atoms with Gasteiger partial charge < -0.3 is 15.0 Å². The summed E-state index contributed by atoms with van der Waals surface area (Å²) in [6, 6.07) is 0. The van der Waals surface area contributed by atoms with E-state index in [1.807, 2.05) is 7.11 Å². The van der Waals surface area contributed by atoms with Gasteiger partial charge in [0.05, 0.1) is 12.6 Å². The summed E-state index contributed by atoms with van der Waals surface area (Å²) in [4.78, 5) is 6.63. The van der Waals surface area contributed by atoms with Gasteiger partial charge in [-0.15, -0.1) is 24.0 Å². The van der Waals surface area contributed by atoms with Crippen molar-refractivity contribution in [1.82, 2.24) is 10.2 Å². The molecule has 2 rings (SSSR count). The number of methoxy groups -OCH3 is 1. The molecule has 1 aliphatic carbocycles. The summed E-state index contributed by atoms with van der Waals surface area (Å²) in [7, 11) is 3.92. The van der Waals surface area contributed by atoms with Crippen molar-refractivity contribution in [2.75, 3.05) is 33.8 Å². The van der Waals surface area contributed by atoms with Crippen LogP contribution in [0.2, 0.25) is 0 Å². The average molecular weight is 353 g/mol. The minimum atomic E-state index is 0. The maximum atomic E-state index is 5.38. The first kappa shape index (κ1) is 15.0. The van der Waals surface area contributed by atoms with E-state index in [-0.39, 0.29) is 24.0 Å². The quantitative estimate of drug-likeness (QED) is 0.785. The van der Waals surface area contributed by atoms with Crippen LogP contribution in [0.25, 0.3) is 0 Å². The van der Waals surface area contributed by atoms with E-state index in [1.165, 1.54) is 25.7 Å². The smallest absolute Gasteiger partial charge is 0.193 e. The lowest BCUT2D eigenvalue weighted by Crippen LogP contribution is -2.39. The second-order valence-electron chi connectivity index (χ2n) is 4.89. The van der Waals surface area contributed by atoms with Crippen molar-refractivity contribution in [3.63, 3.8) is 0 Å². The summed E-state index contributed by atoms with van der Waals surface area (Å²) < 4.78 is 5.38. The molecule has 1 N–H and O–H groups in total. The minimum Gasteiger partial charge on any atom is -0.381 e. The number of likely N-dealkylation sites (N-methyl/N-ethyl adjacent to an activating group) is 1. The molecule has 1 heterocycles. The lowest BCUT2D eigenvalue weighted by molar-refractivity contribution is 0.0573. The van der Waals surface area contributed by atoms with Crippen LogP contribution in [0, 0.1) is 5.92 Å². The Bertz CT molecular complexity index is 252. The number of rotatable bonds is 3. The maximum absolute atomic E-state index is 5.38. The molecule has 4 nitrogen and oxygen atoms in total. The van der Waals surface area contributed by atoms with Crippen LogP contribution in [0.15, 0.2) is 4.99 Å². The van der Waals surface area contributed by atoms with Gasteiger partial charge in [0, 0.05) is 27.2 Å². The number of halogens is 1. The molecular weight excluding hydrogens is 329 g/mol. The second kappa shape index (κ2) is 7.41. The van der Waals surface area contributed by atoms with Gasteiger partial charge in [-0.3, -0.25) is 4.99 Å². The molecule has 100 valence electrons. The summed E-state index contributed by atoms with van der Waals surface area (Å²) in [6.07, 6.45) is 5.49. The zero-order valence-corrected chi connectivity index (χ0v) is 13.1. The fourth-order valence-corrected chi connectivity index (χ4v) is 2.53. The van der Waals surface area contributed by atoms with E-state index in [0.29, 0.717) is 6.10 Å². The molecule has 0 spiro atoms. The highest BCUT2D eigenvalue weighted by atomic mass is 127. The van der Waals surface area contributed by atoms with Crippen LogP contribution in [0.1, 0.15) is 25.7 Å². The van der Waals surface area contributed by atoms with Crippen LogP contribution in [-0.2, 0) is 4.74 Å². The summed E-state index contributed by atoms with van der Waals surface area (Å²) in [5.74, 6) is 1.87. The molecule has 0 aromatic rings. The van der Waals surface area contributed by atoms with Gasteiger partial charge in [-0.25, -0.2) is 0 Å².